The van der Waals surface area contributed by atoms with Crippen molar-refractivity contribution < 1.29 is 14.4 Å². The third kappa shape index (κ3) is 3.27. The van der Waals surface area contributed by atoms with Crippen LogP contribution in [0.15, 0.2) is 24.3 Å². The number of nitrogens with zero attached hydrogens (tertiary/aromatic N) is 2. The number of likely N-dealkylation sites (tertiary alicyclic amines) is 1. The largest absolute Gasteiger partial charge is 0.369 e. The lowest BCUT2D eigenvalue weighted by atomic mass is 9.95. The number of amides is 3. The van der Waals surface area contributed by atoms with E-state index in [9.17, 15) is 14.4 Å². The number of aryl methyl sites for hydroxylation is 1. The second kappa shape index (κ2) is 6.63. The fraction of sp³-hybridized carbons (Fsp3) is 0.500. The van der Waals surface area contributed by atoms with Crippen LogP contribution in [0.2, 0.25) is 0 Å². The van der Waals surface area contributed by atoms with Crippen molar-refractivity contribution in [2.75, 3.05) is 24.5 Å². The van der Waals surface area contributed by atoms with Crippen molar-refractivity contribution in [2.24, 2.45) is 17.6 Å². The van der Waals surface area contributed by atoms with Gasteiger partial charge in [0.15, 0.2) is 0 Å². The molecule has 2 fully saturated rings. The molecule has 0 saturated carbocycles. The smallest absolute Gasteiger partial charge is 0.228 e. The van der Waals surface area contributed by atoms with Gasteiger partial charge in [0.05, 0.1) is 5.92 Å². The Balaban J connectivity index is 1.62. The molecule has 1 aromatic rings. The fourth-order valence-electron chi connectivity index (χ4n) is 3.49. The van der Waals surface area contributed by atoms with Crippen LogP contribution in [-0.4, -0.2) is 42.3 Å². The Morgan fingerprint density at radius 2 is 1.71 bits per heavy atom. The standard InChI is InChI=1S/C18H23N3O3/c1-12-2-4-15(5-3-12)21-11-14(10-16(21)22)18(24)20-8-6-13(7-9-20)17(19)23/h2-5,13-14H,6-11H2,1H3,(H2,19,23)/t14-/m1/s1. The summed E-state index contributed by atoms with van der Waals surface area (Å²) in [6.07, 6.45) is 1.48. The highest BCUT2D eigenvalue weighted by atomic mass is 16.2. The van der Waals surface area contributed by atoms with Crippen molar-refractivity contribution in [1.82, 2.24) is 4.90 Å². The number of hydrogen-bond donors (Lipinski definition) is 1. The first-order valence-corrected chi connectivity index (χ1v) is 8.41. The lowest BCUT2D eigenvalue weighted by Gasteiger charge is -2.32. The van der Waals surface area contributed by atoms with E-state index in [1.165, 1.54) is 0 Å². The van der Waals surface area contributed by atoms with Gasteiger partial charge in [0.25, 0.3) is 0 Å². The Labute approximate surface area is 141 Å². The highest BCUT2D eigenvalue weighted by molar-refractivity contribution is 6.00. The molecule has 2 aliphatic heterocycles. The Morgan fingerprint density at radius 3 is 2.29 bits per heavy atom. The van der Waals surface area contributed by atoms with E-state index < -0.39 is 0 Å². The molecule has 1 atom stereocenters. The third-order valence-electron chi connectivity index (χ3n) is 5.03. The molecule has 3 rings (SSSR count). The molecule has 128 valence electrons. The van der Waals surface area contributed by atoms with E-state index in [4.69, 9.17) is 5.73 Å². The Bertz CT molecular complexity index is 648. The Hall–Kier alpha value is -2.37. The van der Waals surface area contributed by atoms with Crippen molar-refractivity contribution in [3.8, 4) is 0 Å². The molecular weight excluding hydrogens is 306 g/mol. The van der Waals surface area contributed by atoms with Crippen molar-refractivity contribution in [2.45, 2.75) is 26.2 Å². The van der Waals surface area contributed by atoms with E-state index >= 15 is 0 Å². The van der Waals surface area contributed by atoms with Gasteiger partial charge < -0.3 is 15.5 Å². The normalized spacial score (nSPS) is 22.0. The number of hydrogen-bond acceptors (Lipinski definition) is 3. The predicted molar refractivity (Wildman–Crippen MR) is 90.1 cm³/mol. The molecule has 2 N–H and O–H groups in total. The second-order valence-electron chi connectivity index (χ2n) is 6.74. The van der Waals surface area contributed by atoms with Gasteiger partial charge in [0.2, 0.25) is 17.7 Å². The summed E-state index contributed by atoms with van der Waals surface area (Å²) >= 11 is 0. The van der Waals surface area contributed by atoms with Crippen LogP contribution in [0.1, 0.15) is 24.8 Å². The van der Waals surface area contributed by atoms with Gasteiger partial charge in [-0.1, -0.05) is 17.7 Å². The summed E-state index contributed by atoms with van der Waals surface area (Å²) in [5, 5.41) is 0. The molecule has 0 unspecified atom stereocenters. The quantitative estimate of drug-likeness (QED) is 0.900. The number of carbonyl (C=O) groups excluding carboxylic acids is 3. The van der Waals surface area contributed by atoms with Crippen LogP contribution in [0.4, 0.5) is 5.69 Å². The van der Waals surface area contributed by atoms with Crippen molar-refractivity contribution >= 4 is 23.4 Å². The number of nitrogens with two attached hydrogens (primary N) is 1. The van der Waals surface area contributed by atoms with Crippen LogP contribution < -0.4 is 10.6 Å². The molecule has 24 heavy (non-hydrogen) atoms. The fourth-order valence-corrected chi connectivity index (χ4v) is 3.49. The van der Waals surface area contributed by atoms with E-state index in [2.05, 4.69) is 0 Å². The lowest BCUT2D eigenvalue weighted by molar-refractivity contribution is -0.138. The van der Waals surface area contributed by atoms with E-state index in [1.807, 2.05) is 31.2 Å². The molecular formula is C18H23N3O3. The molecule has 0 spiro atoms. The number of benzene rings is 1. The first-order chi connectivity index (χ1) is 11.5. The second-order valence-corrected chi connectivity index (χ2v) is 6.74. The maximum Gasteiger partial charge on any atom is 0.228 e. The minimum atomic E-state index is -0.302. The van der Waals surface area contributed by atoms with Crippen LogP contribution in [-0.2, 0) is 14.4 Å². The summed E-state index contributed by atoms with van der Waals surface area (Å²) in [6, 6.07) is 7.76. The lowest BCUT2D eigenvalue weighted by Crippen LogP contribution is -2.44. The minimum absolute atomic E-state index is 0.00998. The summed E-state index contributed by atoms with van der Waals surface area (Å²) < 4.78 is 0. The van der Waals surface area contributed by atoms with Gasteiger partial charge in [0, 0.05) is 37.7 Å². The van der Waals surface area contributed by atoms with Crippen molar-refractivity contribution in [1.29, 1.82) is 0 Å². The summed E-state index contributed by atoms with van der Waals surface area (Å²) in [4.78, 5) is 39.7. The van der Waals surface area contributed by atoms with E-state index in [-0.39, 0.29) is 36.0 Å². The van der Waals surface area contributed by atoms with Gasteiger partial charge >= 0.3 is 0 Å². The van der Waals surface area contributed by atoms with E-state index in [1.54, 1.807) is 9.80 Å². The number of primary amides is 1. The molecule has 2 heterocycles. The zero-order chi connectivity index (χ0) is 17.3. The van der Waals surface area contributed by atoms with Crippen LogP contribution >= 0.6 is 0 Å². The van der Waals surface area contributed by atoms with Gasteiger partial charge in [-0.15, -0.1) is 0 Å². The molecule has 0 radical (unpaired) electrons. The highest BCUT2D eigenvalue weighted by Crippen LogP contribution is 2.28. The molecule has 6 nitrogen and oxygen atoms in total. The van der Waals surface area contributed by atoms with Gasteiger partial charge in [-0.2, -0.15) is 0 Å². The number of piperidine rings is 1. The first kappa shape index (κ1) is 16.5. The van der Waals surface area contributed by atoms with Crippen LogP contribution in [0.3, 0.4) is 0 Å². The average Bonchev–Trinajstić information content (AvgIpc) is 2.97. The molecule has 2 saturated heterocycles. The first-order valence-electron chi connectivity index (χ1n) is 8.41. The van der Waals surface area contributed by atoms with Crippen LogP contribution in [0, 0.1) is 18.8 Å². The summed E-state index contributed by atoms with van der Waals surface area (Å²) in [5.74, 6) is -0.721. The monoisotopic (exact) mass is 329 g/mol. The maximum absolute atomic E-state index is 12.7. The number of anilines is 1. The number of carbonyl (C=O) groups is 3. The maximum atomic E-state index is 12.7. The van der Waals surface area contributed by atoms with Crippen LogP contribution in [0.5, 0.6) is 0 Å². The van der Waals surface area contributed by atoms with Crippen molar-refractivity contribution in [3.63, 3.8) is 0 Å². The molecule has 0 aromatic heterocycles. The van der Waals surface area contributed by atoms with E-state index in [0.29, 0.717) is 32.5 Å². The Kier molecular flexibility index (Phi) is 4.55. The Morgan fingerprint density at radius 1 is 1.08 bits per heavy atom. The topological polar surface area (TPSA) is 83.7 Å². The highest BCUT2D eigenvalue weighted by Gasteiger charge is 2.38. The molecule has 2 aliphatic rings. The van der Waals surface area contributed by atoms with Crippen molar-refractivity contribution in [3.05, 3.63) is 29.8 Å². The molecule has 0 aliphatic carbocycles. The predicted octanol–water partition coefficient (Wildman–Crippen LogP) is 1.07. The summed E-state index contributed by atoms with van der Waals surface area (Å²) in [6.45, 7) is 3.51. The van der Waals surface area contributed by atoms with Gasteiger partial charge in [-0.3, -0.25) is 14.4 Å². The summed E-state index contributed by atoms with van der Waals surface area (Å²) in [7, 11) is 0. The molecule has 0 bridgehead atoms. The van der Waals surface area contributed by atoms with Crippen LogP contribution in [0.25, 0.3) is 0 Å². The third-order valence-corrected chi connectivity index (χ3v) is 5.03. The summed E-state index contributed by atoms with van der Waals surface area (Å²) in [5.41, 5.74) is 7.30. The SMILES string of the molecule is Cc1ccc(N2C[C@H](C(=O)N3CCC(C(N)=O)CC3)CC2=O)cc1. The average molecular weight is 329 g/mol. The van der Waals surface area contributed by atoms with Gasteiger partial charge in [0.1, 0.15) is 0 Å². The number of rotatable bonds is 3. The van der Waals surface area contributed by atoms with Gasteiger partial charge in [-0.25, -0.2) is 0 Å². The molecule has 3 amide bonds. The zero-order valence-electron chi connectivity index (χ0n) is 13.9. The van der Waals surface area contributed by atoms with E-state index in [0.717, 1.165) is 11.3 Å². The zero-order valence-corrected chi connectivity index (χ0v) is 13.9. The molecule has 1 aromatic carbocycles. The van der Waals surface area contributed by atoms with Gasteiger partial charge in [-0.05, 0) is 31.9 Å². The minimum Gasteiger partial charge on any atom is -0.369 e. The molecule has 6 heteroatoms.